The average molecular weight is 332 g/mol. The second kappa shape index (κ2) is 6.53. The third-order valence-electron chi connectivity index (χ3n) is 3.36. The maximum absolute atomic E-state index is 12.5. The summed E-state index contributed by atoms with van der Waals surface area (Å²) in [5.41, 5.74) is -1.43. The predicted octanol–water partition coefficient (Wildman–Crippen LogP) is 2.05. The van der Waals surface area contributed by atoms with Crippen LogP contribution in [0.3, 0.4) is 0 Å². The Balaban J connectivity index is 2.52. The van der Waals surface area contributed by atoms with E-state index in [0.717, 1.165) is 12.1 Å². The number of phenols is 2. The van der Waals surface area contributed by atoms with Crippen LogP contribution in [0.2, 0.25) is 0 Å². The summed E-state index contributed by atoms with van der Waals surface area (Å²) < 4.78 is 1.36. The van der Waals surface area contributed by atoms with E-state index in [1.807, 2.05) is 13.8 Å². The maximum Gasteiger partial charge on any atom is 0.352 e. The van der Waals surface area contributed by atoms with Crippen LogP contribution in [-0.4, -0.2) is 25.5 Å². The van der Waals surface area contributed by atoms with Crippen molar-refractivity contribution < 1.29 is 19.9 Å². The molecule has 0 amide bonds. The minimum atomic E-state index is -0.971. The van der Waals surface area contributed by atoms with Crippen LogP contribution in [0.15, 0.2) is 35.3 Å². The number of pyridine rings is 1. The van der Waals surface area contributed by atoms with E-state index in [9.17, 15) is 29.9 Å². The summed E-state index contributed by atoms with van der Waals surface area (Å²) in [5, 5.41) is 30.3. The van der Waals surface area contributed by atoms with Gasteiger partial charge in [-0.05, 0) is 24.1 Å². The number of carbonyl (C=O) groups is 1. The summed E-state index contributed by atoms with van der Waals surface area (Å²) in [6, 6.07) is 4.58. The van der Waals surface area contributed by atoms with Gasteiger partial charge >= 0.3 is 5.69 Å². The fraction of sp³-hybridized carbons (Fsp3) is 0.250. The van der Waals surface area contributed by atoms with Crippen molar-refractivity contribution in [3.05, 3.63) is 62.1 Å². The normalized spacial score (nSPS) is 10.8. The van der Waals surface area contributed by atoms with Crippen LogP contribution in [0, 0.1) is 16.0 Å². The number of hydrogen-bond donors (Lipinski definition) is 2. The molecule has 1 aromatic carbocycles. The van der Waals surface area contributed by atoms with E-state index >= 15 is 0 Å². The molecule has 126 valence electrons. The molecule has 0 radical (unpaired) electrons. The van der Waals surface area contributed by atoms with Gasteiger partial charge in [-0.25, -0.2) is 0 Å². The second-order valence-electron chi connectivity index (χ2n) is 5.72. The molecule has 1 aromatic heterocycles. The molecule has 0 aliphatic rings. The molecule has 0 spiro atoms. The van der Waals surface area contributed by atoms with Gasteiger partial charge in [0, 0.05) is 24.4 Å². The minimum absolute atomic E-state index is 0.102. The third-order valence-corrected chi connectivity index (χ3v) is 3.36. The van der Waals surface area contributed by atoms with Crippen LogP contribution < -0.4 is 5.56 Å². The zero-order chi connectivity index (χ0) is 18.0. The van der Waals surface area contributed by atoms with Crippen LogP contribution in [0.1, 0.15) is 29.8 Å². The van der Waals surface area contributed by atoms with Crippen molar-refractivity contribution in [3.8, 4) is 11.5 Å². The highest BCUT2D eigenvalue weighted by molar-refractivity contribution is 6.11. The topological polar surface area (TPSA) is 123 Å². The van der Waals surface area contributed by atoms with Gasteiger partial charge in [0.25, 0.3) is 5.56 Å². The summed E-state index contributed by atoms with van der Waals surface area (Å²) in [6.45, 7) is 4.23. The van der Waals surface area contributed by atoms with Gasteiger partial charge in [-0.15, -0.1) is 0 Å². The maximum atomic E-state index is 12.5. The zero-order valence-corrected chi connectivity index (χ0v) is 13.1. The first-order chi connectivity index (χ1) is 11.2. The van der Waals surface area contributed by atoms with Crippen LogP contribution in [0.25, 0.3) is 0 Å². The number of rotatable bonds is 5. The van der Waals surface area contributed by atoms with Crippen molar-refractivity contribution in [3.63, 3.8) is 0 Å². The molecule has 2 N–H and O–H groups in total. The number of aromatic hydroxyl groups is 2. The quantitative estimate of drug-likeness (QED) is 0.491. The van der Waals surface area contributed by atoms with Crippen molar-refractivity contribution in [2.24, 2.45) is 5.92 Å². The Bertz CT molecular complexity index is 869. The second-order valence-corrected chi connectivity index (χ2v) is 5.72. The van der Waals surface area contributed by atoms with Gasteiger partial charge in [-0.2, -0.15) is 0 Å². The monoisotopic (exact) mass is 332 g/mol. The van der Waals surface area contributed by atoms with E-state index in [4.69, 9.17) is 0 Å². The highest BCUT2D eigenvalue weighted by Gasteiger charge is 2.26. The van der Waals surface area contributed by atoms with Crippen LogP contribution in [0.5, 0.6) is 11.5 Å². The molecule has 0 aliphatic carbocycles. The van der Waals surface area contributed by atoms with Gasteiger partial charge in [0.05, 0.1) is 10.5 Å². The molecular weight excluding hydrogens is 316 g/mol. The first-order valence-electron chi connectivity index (χ1n) is 7.17. The van der Waals surface area contributed by atoms with E-state index in [0.29, 0.717) is 6.54 Å². The molecule has 0 atom stereocenters. The molecule has 0 bridgehead atoms. The fourth-order valence-electron chi connectivity index (χ4n) is 2.29. The lowest BCUT2D eigenvalue weighted by Gasteiger charge is -2.11. The van der Waals surface area contributed by atoms with E-state index in [1.165, 1.54) is 22.9 Å². The smallest absolute Gasteiger partial charge is 0.352 e. The SMILES string of the molecule is CC(C)Cn1cc(C(=O)c2ccc(O)c([N+](=O)[O-])c2O)ccc1=O. The van der Waals surface area contributed by atoms with Crippen molar-refractivity contribution in [2.75, 3.05) is 0 Å². The molecule has 0 aliphatic heterocycles. The Morgan fingerprint density at radius 2 is 1.92 bits per heavy atom. The van der Waals surface area contributed by atoms with Crippen LogP contribution in [0.4, 0.5) is 5.69 Å². The Morgan fingerprint density at radius 3 is 2.50 bits per heavy atom. The van der Waals surface area contributed by atoms with Crippen molar-refractivity contribution in [1.29, 1.82) is 0 Å². The number of carbonyl (C=O) groups excluding carboxylic acids is 1. The summed E-state index contributed by atoms with van der Waals surface area (Å²) in [7, 11) is 0. The molecule has 8 nitrogen and oxygen atoms in total. The number of nitrogens with zero attached hydrogens (tertiary/aromatic N) is 2. The van der Waals surface area contributed by atoms with Gasteiger partial charge < -0.3 is 14.8 Å². The van der Waals surface area contributed by atoms with E-state index in [2.05, 4.69) is 0 Å². The molecule has 2 rings (SSSR count). The lowest BCUT2D eigenvalue weighted by molar-refractivity contribution is -0.386. The number of hydrogen-bond acceptors (Lipinski definition) is 6. The Hall–Kier alpha value is -3.16. The molecule has 0 saturated carbocycles. The highest BCUT2D eigenvalue weighted by Crippen LogP contribution is 2.38. The predicted molar refractivity (Wildman–Crippen MR) is 85.4 cm³/mol. The summed E-state index contributed by atoms with van der Waals surface area (Å²) in [5.74, 6) is -2.16. The first-order valence-corrected chi connectivity index (χ1v) is 7.17. The lowest BCUT2D eigenvalue weighted by atomic mass is 10.0. The summed E-state index contributed by atoms with van der Waals surface area (Å²) >= 11 is 0. The minimum Gasteiger partial charge on any atom is -0.502 e. The molecule has 2 aromatic rings. The largest absolute Gasteiger partial charge is 0.502 e. The Morgan fingerprint density at radius 1 is 1.25 bits per heavy atom. The first kappa shape index (κ1) is 17.2. The Kier molecular flexibility index (Phi) is 4.68. The van der Waals surface area contributed by atoms with E-state index in [1.54, 1.807) is 0 Å². The van der Waals surface area contributed by atoms with Crippen molar-refractivity contribution in [1.82, 2.24) is 4.57 Å². The summed E-state index contributed by atoms with van der Waals surface area (Å²) in [6.07, 6.45) is 1.35. The van der Waals surface area contributed by atoms with Gasteiger partial charge in [-0.1, -0.05) is 13.8 Å². The standard InChI is InChI=1S/C16H16N2O6/c1-9(2)7-17-8-10(3-6-13(17)20)15(21)11-4-5-12(19)14(16(11)22)18(23)24/h3-6,8-9,19,22H,7H2,1-2H3. The van der Waals surface area contributed by atoms with Gasteiger partial charge in [-0.3, -0.25) is 19.7 Å². The highest BCUT2D eigenvalue weighted by atomic mass is 16.6. The molecule has 1 heterocycles. The summed E-state index contributed by atoms with van der Waals surface area (Å²) in [4.78, 5) is 34.3. The van der Waals surface area contributed by atoms with Gasteiger partial charge in [0.2, 0.25) is 5.75 Å². The molecular formula is C16H16N2O6. The number of benzene rings is 1. The number of aromatic nitrogens is 1. The average Bonchev–Trinajstić information content (AvgIpc) is 2.48. The fourth-order valence-corrected chi connectivity index (χ4v) is 2.29. The molecule has 0 fully saturated rings. The van der Waals surface area contributed by atoms with Crippen LogP contribution >= 0.6 is 0 Å². The van der Waals surface area contributed by atoms with Crippen molar-refractivity contribution in [2.45, 2.75) is 20.4 Å². The number of ketones is 1. The van der Waals surface area contributed by atoms with Gasteiger partial charge in [0.1, 0.15) is 0 Å². The number of nitro groups is 1. The third kappa shape index (κ3) is 3.27. The number of phenolic OH excluding ortho intramolecular Hbond substituents is 2. The Labute approximate surface area is 136 Å². The van der Waals surface area contributed by atoms with E-state index < -0.39 is 27.9 Å². The molecule has 0 saturated heterocycles. The lowest BCUT2D eigenvalue weighted by Crippen LogP contribution is -2.22. The molecule has 24 heavy (non-hydrogen) atoms. The molecule has 8 heteroatoms. The van der Waals surface area contributed by atoms with Crippen LogP contribution in [-0.2, 0) is 6.54 Å². The number of nitro benzene ring substituents is 1. The molecule has 0 unspecified atom stereocenters. The van der Waals surface area contributed by atoms with E-state index in [-0.39, 0.29) is 22.6 Å². The van der Waals surface area contributed by atoms with Gasteiger partial charge in [0.15, 0.2) is 11.5 Å². The van der Waals surface area contributed by atoms with Crippen molar-refractivity contribution >= 4 is 11.5 Å². The zero-order valence-electron chi connectivity index (χ0n) is 13.1.